The van der Waals surface area contributed by atoms with E-state index < -0.39 is 0 Å². The lowest BCUT2D eigenvalue weighted by Crippen LogP contribution is -1.90. The summed E-state index contributed by atoms with van der Waals surface area (Å²) >= 11 is 0. The van der Waals surface area contributed by atoms with E-state index in [2.05, 4.69) is 18.2 Å². The summed E-state index contributed by atoms with van der Waals surface area (Å²) in [5.41, 5.74) is 1.16. The molecule has 0 fully saturated rings. The molecule has 2 nitrogen and oxygen atoms in total. The molecule has 0 saturated carbocycles. The lowest BCUT2D eigenvalue weighted by Gasteiger charge is -1.90. The number of unbranched alkanes of at least 4 members (excludes halogenated alkanes) is 1. The highest BCUT2D eigenvalue weighted by molar-refractivity contribution is 4.96. The van der Waals surface area contributed by atoms with Crippen LogP contribution in [-0.4, -0.2) is 9.78 Å². The van der Waals surface area contributed by atoms with Crippen LogP contribution in [0.2, 0.25) is 0 Å². The van der Waals surface area contributed by atoms with Crippen LogP contribution in [0.25, 0.3) is 0 Å². The second-order valence-electron chi connectivity index (χ2n) is 2.49. The summed E-state index contributed by atoms with van der Waals surface area (Å²) in [6.07, 6.45) is 6.53. The first-order chi connectivity index (χ1) is 4.83. The molecule has 0 amide bonds. The van der Waals surface area contributed by atoms with E-state index in [1.54, 1.807) is 4.68 Å². The van der Waals surface area contributed by atoms with Gasteiger partial charge in [0.05, 0.1) is 11.9 Å². The van der Waals surface area contributed by atoms with Crippen molar-refractivity contribution in [1.29, 1.82) is 0 Å². The second kappa shape index (κ2) is 3.40. The fourth-order valence-electron chi connectivity index (χ4n) is 0.898. The van der Waals surface area contributed by atoms with Gasteiger partial charge < -0.3 is 0 Å². The Labute approximate surface area is 61.9 Å². The Morgan fingerprint density at radius 2 is 2.50 bits per heavy atom. The minimum absolute atomic E-state index is 1.09. The van der Waals surface area contributed by atoms with Crippen molar-refractivity contribution in [3.8, 4) is 0 Å². The zero-order chi connectivity index (χ0) is 7.40. The quantitative estimate of drug-likeness (QED) is 0.618. The van der Waals surface area contributed by atoms with Gasteiger partial charge in [0.1, 0.15) is 0 Å². The summed E-state index contributed by atoms with van der Waals surface area (Å²) in [6, 6.07) is 1.95. The van der Waals surface area contributed by atoms with Crippen molar-refractivity contribution in [2.45, 2.75) is 26.2 Å². The molecule has 55 valence electrons. The first-order valence-corrected chi connectivity index (χ1v) is 3.73. The predicted octanol–water partition coefficient (Wildman–Crippen LogP) is 1.56. The van der Waals surface area contributed by atoms with Gasteiger partial charge >= 0.3 is 0 Å². The Morgan fingerprint density at radius 3 is 3.00 bits per heavy atom. The molecule has 0 spiro atoms. The van der Waals surface area contributed by atoms with E-state index in [0.717, 1.165) is 12.1 Å². The van der Waals surface area contributed by atoms with Crippen LogP contribution >= 0.6 is 0 Å². The predicted molar refractivity (Wildman–Crippen MR) is 40.7 cm³/mol. The maximum atomic E-state index is 4.21. The minimum Gasteiger partial charge on any atom is -0.266 e. The largest absolute Gasteiger partial charge is 0.266 e. The van der Waals surface area contributed by atoms with Crippen LogP contribution in [0.5, 0.6) is 0 Å². The number of hydrogen-bond donors (Lipinski definition) is 0. The summed E-state index contributed by atoms with van der Waals surface area (Å²) < 4.78 is 1.73. The van der Waals surface area contributed by atoms with Gasteiger partial charge in [-0.2, -0.15) is 5.10 Å². The first kappa shape index (κ1) is 7.32. The van der Waals surface area contributed by atoms with Crippen LogP contribution in [0.3, 0.4) is 0 Å². The fraction of sp³-hybridized carbons (Fsp3) is 0.625. The van der Waals surface area contributed by atoms with Crippen LogP contribution in [-0.2, 0) is 13.5 Å². The Bertz CT molecular complexity index is 191. The van der Waals surface area contributed by atoms with Gasteiger partial charge in [-0.1, -0.05) is 13.3 Å². The molecule has 2 heteroatoms. The molecule has 0 aliphatic rings. The molecule has 1 aromatic heterocycles. The molecule has 0 N–H and O–H groups in total. The van der Waals surface area contributed by atoms with E-state index in [-0.39, 0.29) is 0 Å². The highest BCUT2D eigenvalue weighted by atomic mass is 15.2. The summed E-state index contributed by atoms with van der Waals surface area (Å²) in [5, 5.41) is 4.21. The van der Waals surface area contributed by atoms with E-state index in [4.69, 9.17) is 0 Å². The highest BCUT2D eigenvalue weighted by Crippen LogP contribution is 1.99. The third-order valence-electron chi connectivity index (χ3n) is 1.48. The lowest BCUT2D eigenvalue weighted by molar-refractivity contribution is 0.710. The molecule has 1 aromatic rings. The van der Waals surface area contributed by atoms with E-state index in [1.165, 1.54) is 12.8 Å². The minimum atomic E-state index is 1.09. The zero-order valence-electron chi connectivity index (χ0n) is 6.59. The highest BCUT2D eigenvalue weighted by Gasteiger charge is 1.94. The summed E-state index contributed by atoms with van der Waals surface area (Å²) in [4.78, 5) is 0. The van der Waals surface area contributed by atoms with E-state index >= 15 is 0 Å². The van der Waals surface area contributed by atoms with Crippen LogP contribution in [0.4, 0.5) is 0 Å². The number of aromatic nitrogens is 2. The number of hydrogen-bond acceptors (Lipinski definition) is 1. The summed E-state index contributed by atoms with van der Waals surface area (Å²) in [6.45, 7) is 2.19. The SMILES string of the molecule is CCCCc1c[c]n(C)n1. The molecule has 1 radical (unpaired) electrons. The molecule has 1 heterocycles. The van der Waals surface area contributed by atoms with Gasteiger partial charge in [0.25, 0.3) is 0 Å². The Hall–Kier alpha value is -0.790. The van der Waals surface area contributed by atoms with Gasteiger partial charge in [0.2, 0.25) is 0 Å². The average molecular weight is 137 g/mol. The molecule has 0 aliphatic heterocycles. The van der Waals surface area contributed by atoms with Gasteiger partial charge in [-0.05, 0) is 18.9 Å². The monoisotopic (exact) mass is 137 g/mol. The molecule has 0 bridgehead atoms. The second-order valence-corrected chi connectivity index (χ2v) is 2.49. The van der Waals surface area contributed by atoms with Gasteiger partial charge in [0, 0.05) is 7.05 Å². The summed E-state index contributed by atoms with van der Waals surface area (Å²) in [7, 11) is 1.90. The lowest BCUT2D eigenvalue weighted by atomic mass is 10.2. The molecule has 0 saturated heterocycles. The number of rotatable bonds is 3. The Kier molecular flexibility index (Phi) is 2.49. The Balaban J connectivity index is 2.42. The first-order valence-electron chi connectivity index (χ1n) is 3.73. The maximum Gasteiger partial charge on any atom is 0.0862 e. The summed E-state index contributed by atoms with van der Waals surface area (Å²) in [5.74, 6) is 0. The van der Waals surface area contributed by atoms with Crippen molar-refractivity contribution in [1.82, 2.24) is 9.78 Å². The Morgan fingerprint density at radius 1 is 1.70 bits per heavy atom. The van der Waals surface area contributed by atoms with Crippen LogP contribution < -0.4 is 0 Å². The van der Waals surface area contributed by atoms with Crippen molar-refractivity contribution < 1.29 is 0 Å². The molecule has 0 atom stereocenters. The van der Waals surface area contributed by atoms with E-state index in [0.29, 0.717) is 0 Å². The topological polar surface area (TPSA) is 17.8 Å². The zero-order valence-corrected chi connectivity index (χ0v) is 6.59. The maximum absolute atomic E-state index is 4.21. The van der Waals surface area contributed by atoms with Gasteiger partial charge in [-0.15, -0.1) is 0 Å². The normalized spacial score (nSPS) is 10.2. The van der Waals surface area contributed by atoms with E-state index in [1.807, 2.05) is 13.1 Å². The molecular weight excluding hydrogens is 124 g/mol. The molecule has 1 rings (SSSR count). The smallest absolute Gasteiger partial charge is 0.0862 e. The van der Waals surface area contributed by atoms with Crippen LogP contribution in [0.1, 0.15) is 25.5 Å². The van der Waals surface area contributed by atoms with Gasteiger partial charge in [0.15, 0.2) is 0 Å². The number of aryl methyl sites for hydroxylation is 2. The van der Waals surface area contributed by atoms with Crippen molar-refractivity contribution in [2.75, 3.05) is 0 Å². The molecule has 0 unspecified atom stereocenters. The average Bonchev–Trinajstić information content (AvgIpc) is 2.31. The third kappa shape index (κ3) is 1.87. The molecule has 0 aromatic carbocycles. The van der Waals surface area contributed by atoms with E-state index in [9.17, 15) is 0 Å². The van der Waals surface area contributed by atoms with Crippen molar-refractivity contribution in [2.24, 2.45) is 7.05 Å². The standard InChI is InChI=1S/C8H13N2/c1-3-4-5-8-6-7-10(2)9-8/h6H,3-5H2,1-2H3. The van der Waals surface area contributed by atoms with Crippen LogP contribution in [0.15, 0.2) is 6.07 Å². The van der Waals surface area contributed by atoms with Gasteiger partial charge in [-0.3, -0.25) is 4.68 Å². The fourth-order valence-corrected chi connectivity index (χ4v) is 0.898. The number of nitrogens with zero attached hydrogens (tertiary/aromatic N) is 2. The van der Waals surface area contributed by atoms with Crippen LogP contribution in [0, 0.1) is 6.20 Å². The van der Waals surface area contributed by atoms with Crippen molar-refractivity contribution in [3.63, 3.8) is 0 Å². The molecule has 10 heavy (non-hydrogen) atoms. The molecule has 0 aliphatic carbocycles. The third-order valence-corrected chi connectivity index (χ3v) is 1.48. The van der Waals surface area contributed by atoms with Crippen molar-refractivity contribution in [3.05, 3.63) is 18.0 Å². The molecular formula is C8H13N2. The van der Waals surface area contributed by atoms with Gasteiger partial charge in [-0.25, -0.2) is 0 Å². The van der Waals surface area contributed by atoms with Crippen molar-refractivity contribution >= 4 is 0 Å².